The molecule has 0 aliphatic heterocycles. The van der Waals surface area contributed by atoms with Gasteiger partial charge in [0.1, 0.15) is 22.2 Å². The number of oxazole rings is 1. The number of aliphatic hydroxyl groups excluding tert-OH is 1. The van der Waals surface area contributed by atoms with Crippen molar-refractivity contribution in [1.82, 2.24) is 9.71 Å². The zero-order valence-electron chi connectivity index (χ0n) is 12.3. The Bertz CT molecular complexity index is 738. The first-order valence-corrected chi connectivity index (χ1v) is 7.87. The van der Waals surface area contributed by atoms with Crippen LogP contribution in [-0.2, 0) is 23.2 Å². The van der Waals surface area contributed by atoms with Gasteiger partial charge >= 0.3 is 0 Å². The number of aryl methyl sites for hydroxylation is 4. The minimum Gasteiger partial charge on any atom is -0.465 e. The first kappa shape index (κ1) is 15.7. The molecule has 2 rings (SSSR count). The van der Waals surface area contributed by atoms with E-state index < -0.39 is 16.6 Å². The van der Waals surface area contributed by atoms with Gasteiger partial charge in [-0.3, -0.25) is 0 Å². The monoisotopic (exact) mass is 314 g/mol. The Morgan fingerprint density at radius 3 is 2.29 bits per heavy atom. The number of sulfonamides is 1. The van der Waals surface area contributed by atoms with Crippen molar-refractivity contribution in [2.45, 2.75) is 45.7 Å². The van der Waals surface area contributed by atoms with Gasteiger partial charge < -0.3 is 13.9 Å². The molecule has 0 spiro atoms. The molecule has 2 aromatic heterocycles. The second kappa shape index (κ2) is 5.63. The number of hydrogen-bond donors (Lipinski definition) is 2. The Morgan fingerprint density at radius 1 is 1.10 bits per heavy atom. The van der Waals surface area contributed by atoms with Crippen LogP contribution in [0.3, 0.4) is 0 Å². The van der Waals surface area contributed by atoms with E-state index in [4.69, 9.17) is 8.83 Å². The summed E-state index contributed by atoms with van der Waals surface area (Å²) in [6, 6.07) is 0. The molecule has 7 nitrogen and oxygen atoms in total. The number of nitrogens with zero attached hydrogens (tertiary/aromatic N) is 1. The molecule has 0 aromatic carbocycles. The summed E-state index contributed by atoms with van der Waals surface area (Å²) >= 11 is 0. The molecule has 0 saturated carbocycles. The van der Waals surface area contributed by atoms with Crippen molar-refractivity contribution < 1.29 is 22.4 Å². The predicted octanol–water partition coefficient (Wildman–Crippen LogP) is 1.47. The van der Waals surface area contributed by atoms with E-state index in [9.17, 15) is 13.5 Å². The summed E-state index contributed by atoms with van der Waals surface area (Å²) in [5.74, 6) is 1.56. The number of rotatable bonds is 5. The Labute approximate surface area is 123 Å². The third-order valence-electron chi connectivity index (χ3n) is 3.24. The minimum absolute atomic E-state index is 0.0255. The normalized spacial score (nSPS) is 12.0. The Morgan fingerprint density at radius 2 is 1.76 bits per heavy atom. The summed E-state index contributed by atoms with van der Waals surface area (Å²) < 4.78 is 37.7. The highest BCUT2D eigenvalue weighted by molar-refractivity contribution is 7.89. The number of hydrogen-bond acceptors (Lipinski definition) is 6. The van der Waals surface area contributed by atoms with Gasteiger partial charge in [-0.2, -0.15) is 0 Å². The summed E-state index contributed by atoms with van der Waals surface area (Å²) in [4.78, 5) is 4.09. The Kier molecular flexibility index (Phi) is 4.22. The third kappa shape index (κ3) is 3.02. The Hall–Kier alpha value is -1.64. The molecular formula is C13H18N2O5S. The Balaban J connectivity index is 2.27. The molecule has 21 heavy (non-hydrogen) atoms. The van der Waals surface area contributed by atoms with Crippen molar-refractivity contribution in [3.8, 4) is 0 Å². The largest absolute Gasteiger partial charge is 0.465 e. The summed E-state index contributed by atoms with van der Waals surface area (Å²) in [6.45, 7) is 6.22. The first-order valence-electron chi connectivity index (χ1n) is 6.38. The van der Waals surface area contributed by atoms with Gasteiger partial charge in [0.05, 0.1) is 18.8 Å². The molecule has 2 heterocycles. The zero-order chi connectivity index (χ0) is 15.8. The van der Waals surface area contributed by atoms with Gasteiger partial charge in [0.2, 0.25) is 15.9 Å². The van der Waals surface area contributed by atoms with E-state index in [-0.39, 0.29) is 28.7 Å². The van der Waals surface area contributed by atoms with Gasteiger partial charge in [-0.05, 0) is 27.7 Å². The van der Waals surface area contributed by atoms with Crippen molar-refractivity contribution in [3.05, 3.63) is 34.4 Å². The van der Waals surface area contributed by atoms with Crippen LogP contribution in [0.5, 0.6) is 0 Å². The maximum Gasteiger partial charge on any atom is 0.244 e. The molecular weight excluding hydrogens is 296 g/mol. The van der Waals surface area contributed by atoms with E-state index in [1.807, 2.05) is 0 Å². The van der Waals surface area contributed by atoms with Gasteiger partial charge in [0, 0.05) is 5.56 Å². The van der Waals surface area contributed by atoms with Crippen molar-refractivity contribution >= 4 is 10.0 Å². The summed E-state index contributed by atoms with van der Waals surface area (Å²) in [6.07, 6.45) is 0. The van der Waals surface area contributed by atoms with Gasteiger partial charge in [-0.15, -0.1) is 0 Å². The van der Waals surface area contributed by atoms with E-state index in [0.29, 0.717) is 11.5 Å². The van der Waals surface area contributed by atoms with Crippen LogP contribution in [0.4, 0.5) is 0 Å². The van der Waals surface area contributed by atoms with Gasteiger partial charge in [0.25, 0.3) is 0 Å². The number of furan rings is 1. The van der Waals surface area contributed by atoms with Crippen LogP contribution >= 0.6 is 0 Å². The van der Waals surface area contributed by atoms with Crippen LogP contribution in [0, 0.1) is 27.7 Å². The average molecular weight is 314 g/mol. The second-order valence-electron chi connectivity index (χ2n) is 4.75. The van der Waals surface area contributed by atoms with Crippen LogP contribution in [0.1, 0.15) is 34.4 Å². The third-order valence-corrected chi connectivity index (χ3v) is 4.83. The molecule has 0 amide bonds. The molecule has 0 aliphatic rings. The lowest BCUT2D eigenvalue weighted by Gasteiger charge is -2.05. The van der Waals surface area contributed by atoms with Crippen LogP contribution in [-0.4, -0.2) is 18.5 Å². The maximum atomic E-state index is 12.4. The molecule has 0 aliphatic carbocycles. The molecule has 0 atom stereocenters. The fourth-order valence-corrected chi connectivity index (χ4v) is 3.50. The lowest BCUT2D eigenvalue weighted by Crippen LogP contribution is -2.24. The molecule has 0 saturated heterocycles. The van der Waals surface area contributed by atoms with E-state index in [1.54, 1.807) is 27.7 Å². The molecule has 0 radical (unpaired) electrons. The molecule has 0 fully saturated rings. The smallest absolute Gasteiger partial charge is 0.244 e. The lowest BCUT2D eigenvalue weighted by molar-refractivity contribution is 0.276. The molecule has 0 bridgehead atoms. The van der Waals surface area contributed by atoms with Crippen molar-refractivity contribution in [1.29, 1.82) is 0 Å². The van der Waals surface area contributed by atoms with Gasteiger partial charge in [0.15, 0.2) is 0 Å². The SMILES string of the molecule is Cc1nc(CNS(=O)(=O)c2c(C)oc(C)c2CO)oc1C. The second-order valence-corrected chi connectivity index (χ2v) is 6.46. The summed E-state index contributed by atoms with van der Waals surface area (Å²) in [5.41, 5.74) is 0.982. The highest BCUT2D eigenvalue weighted by Crippen LogP contribution is 2.26. The summed E-state index contributed by atoms with van der Waals surface area (Å²) in [7, 11) is -3.82. The van der Waals surface area contributed by atoms with E-state index in [0.717, 1.165) is 5.69 Å². The molecule has 2 aromatic rings. The standard InChI is InChI=1S/C13H18N2O5S/c1-7-8(2)20-12(15-7)5-14-21(17,18)13-10(4)19-9(3)11(13)6-16/h14,16H,5-6H2,1-4H3. The summed E-state index contributed by atoms with van der Waals surface area (Å²) in [5, 5.41) is 9.32. The van der Waals surface area contributed by atoms with Crippen molar-refractivity contribution in [2.75, 3.05) is 0 Å². The minimum atomic E-state index is -3.82. The van der Waals surface area contributed by atoms with Crippen molar-refractivity contribution in [3.63, 3.8) is 0 Å². The number of nitrogens with one attached hydrogen (secondary N) is 1. The quantitative estimate of drug-likeness (QED) is 0.865. The van der Waals surface area contributed by atoms with Crippen molar-refractivity contribution in [2.24, 2.45) is 0 Å². The first-order chi connectivity index (χ1) is 9.76. The highest BCUT2D eigenvalue weighted by atomic mass is 32.2. The van der Waals surface area contributed by atoms with Gasteiger partial charge in [-0.1, -0.05) is 0 Å². The van der Waals surface area contributed by atoms with E-state index in [1.165, 1.54) is 0 Å². The molecule has 2 N–H and O–H groups in total. The fraction of sp³-hybridized carbons (Fsp3) is 0.462. The topological polar surface area (TPSA) is 106 Å². The average Bonchev–Trinajstić information content (AvgIpc) is 2.87. The van der Waals surface area contributed by atoms with E-state index in [2.05, 4.69) is 9.71 Å². The highest BCUT2D eigenvalue weighted by Gasteiger charge is 2.26. The lowest BCUT2D eigenvalue weighted by atomic mass is 10.2. The zero-order valence-corrected chi connectivity index (χ0v) is 13.2. The van der Waals surface area contributed by atoms with Crippen LogP contribution in [0.15, 0.2) is 13.7 Å². The number of aliphatic hydroxyl groups is 1. The van der Waals surface area contributed by atoms with Crippen LogP contribution in [0.25, 0.3) is 0 Å². The molecule has 8 heteroatoms. The van der Waals surface area contributed by atoms with E-state index >= 15 is 0 Å². The molecule has 116 valence electrons. The predicted molar refractivity (Wildman–Crippen MR) is 74.1 cm³/mol. The van der Waals surface area contributed by atoms with Crippen LogP contribution < -0.4 is 4.72 Å². The number of aromatic nitrogens is 1. The maximum absolute atomic E-state index is 12.4. The van der Waals surface area contributed by atoms with Crippen LogP contribution in [0.2, 0.25) is 0 Å². The van der Waals surface area contributed by atoms with Gasteiger partial charge in [-0.25, -0.2) is 18.1 Å². The fourth-order valence-electron chi connectivity index (χ4n) is 2.09. The molecule has 0 unspecified atom stereocenters.